The van der Waals surface area contributed by atoms with Gasteiger partial charge in [-0.3, -0.25) is 4.79 Å². The molecule has 1 saturated carbocycles. The van der Waals surface area contributed by atoms with Crippen LogP contribution in [0.5, 0.6) is 0 Å². The summed E-state index contributed by atoms with van der Waals surface area (Å²) in [4.78, 5) is 11.6. The lowest BCUT2D eigenvalue weighted by Gasteiger charge is -2.12. The maximum absolute atomic E-state index is 11.6. The van der Waals surface area contributed by atoms with Gasteiger partial charge < -0.3 is 5.32 Å². The molecule has 1 atom stereocenters. The highest BCUT2D eigenvalue weighted by Crippen LogP contribution is 2.24. The van der Waals surface area contributed by atoms with Gasteiger partial charge in [-0.25, -0.2) is 8.42 Å². The molecule has 98 valence electrons. The Balaban J connectivity index is 1.66. The van der Waals surface area contributed by atoms with Crippen LogP contribution in [-0.4, -0.2) is 42.9 Å². The van der Waals surface area contributed by atoms with Crippen LogP contribution in [0.4, 0.5) is 0 Å². The number of rotatable bonds is 4. The average molecular weight is 277 g/mol. The second-order valence-corrected chi connectivity index (χ2v) is 8.40. The number of sulfone groups is 1. The molecule has 0 aromatic rings. The Morgan fingerprint density at radius 3 is 2.53 bits per heavy atom. The zero-order valence-corrected chi connectivity index (χ0v) is 11.5. The summed E-state index contributed by atoms with van der Waals surface area (Å²) in [6, 6.07) is 0.357. The van der Waals surface area contributed by atoms with E-state index in [9.17, 15) is 13.2 Å². The van der Waals surface area contributed by atoms with E-state index < -0.39 is 9.84 Å². The van der Waals surface area contributed by atoms with Crippen LogP contribution in [0, 0.1) is 0 Å². The fourth-order valence-electron chi connectivity index (χ4n) is 2.43. The van der Waals surface area contributed by atoms with E-state index in [-0.39, 0.29) is 22.7 Å². The van der Waals surface area contributed by atoms with E-state index >= 15 is 0 Å². The molecule has 0 bridgehead atoms. The van der Waals surface area contributed by atoms with Crippen molar-refractivity contribution >= 4 is 27.5 Å². The van der Waals surface area contributed by atoms with Crippen molar-refractivity contribution in [1.29, 1.82) is 0 Å². The number of hydrogen-bond donors (Lipinski definition) is 1. The Hall–Kier alpha value is -0.230. The van der Waals surface area contributed by atoms with Crippen molar-refractivity contribution in [3.8, 4) is 0 Å². The summed E-state index contributed by atoms with van der Waals surface area (Å²) in [6.45, 7) is 0. The number of carbonyl (C=O) groups is 1. The van der Waals surface area contributed by atoms with E-state index in [0.29, 0.717) is 18.2 Å². The van der Waals surface area contributed by atoms with Crippen molar-refractivity contribution in [3.05, 3.63) is 0 Å². The Kier molecular flexibility index (Phi) is 4.36. The molecule has 4 nitrogen and oxygen atoms in total. The lowest BCUT2D eigenvalue weighted by atomic mass is 10.2. The van der Waals surface area contributed by atoms with Crippen LogP contribution in [0.3, 0.4) is 0 Å². The third-order valence-corrected chi connectivity index (χ3v) is 6.64. The van der Waals surface area contributed by atoms with Crippen LogP contribution >= 0.6 is 11.8 Å². The molecule has 0 aromatic heterocycles. The largest absolute Gasteiger partial charge is 0.353 e. The lowest BCUT2D eigenvalue weighted by Crippen LogP contribution is -2.34. The minimum absolute atomic E-state index is 0.0613. The molecule has 1 aliphatic heterocycles. The van der Waals surface area contributed by atoms with Crippen LogP contribution in [0.25, 0.3) is 0 Å². The quantitative estimate of drug-likeness (QED) is 0.831. The topological polar surface area (TPSA) is 63.2 Å². The third-order valence-electron chi connectivity index (χ3n) is 3.36. The minimum Gasteiger partial charge on any atom is -0.353 e. The van der Waals surface area contributed by atoms with Gasteiger partial charge in [0, 0.05) is 11.3 Å². The predicted octanol–water partition coefficient (Wildman–Crippen LogP) is 0.965. The Morgan fingerprint density at radius 1 is 1.24 bits per heavy atom. The summed E-state index contributed by atoms with van der Waals surface area (Å²) in [5, 5.41) is 3.13. The normalized spacial score (nSPS) is 28.4. The van der Waals surface area contributed by atoms with Crippen LogP contribution in [-0.2, 0) is 14.6 Å². The van der Waals surface area contributed by atoms with Gasteiger partial charge in [0.25, 0.3) is 0 Å². The molecule has 2 aliphatic rings. The van der Waals surface area contributed by atoms with Crippen molar-refractivity contribution in [1.82, 2.24) is 5.32 Å². The van der Waals surface area contributed by atoms with Gasteiger partial charge in [0.1, 0.15) is 0 Å². The van der Waals surface area contributed by atoms with Crippen LogP contribution in [0.15, 0.2) is 0 Å². The maximum atomic E-state index is 11.6. The molecule has 1 amide bonds. The van der Waals surface area contributed by atoms with E-state index in [0.717, 1.165) is 12.8 Å². The van der Waals surface area contributed by atoms with Gasteiger partial charge in [-0.15, -0.1) is 11.8 Å². The zero-order valence-electron chi connectivity index (χ0n) is 9.85. The number of amides is 1. The van der Waals surface area contributed by atoms with E-state index in [1.807, 2.05) is 0 Å². The fourth-order valence-corrected chi connectivity index (χ4v) is 5.88. The summed E-state index contributed by atoms with van der Waals surface area (Å²) in [7, 11) is -2.82. The van der Waals surface area contributed by atoms with Crippen molar-refractivity contribution in [2.24, 2.45) is 0 Å². The number of hydrogen-bond acceptors (Lipinski definition) is 4. The second-order valence-electron chi connectivity index (χ2n) is 4.88. The van der Waals surface area contributed by atoms with Gasteiger partial charge in [0.05, 0.1) is 17.3 Å². The molecular weight excluding hydrogens is 258 g/mol. The van der Waals surface area contributed by atoms with E-state index in [2.05, 4.69) is 5.32 Å². The Morgan fingerprint density at radius 2 is 1.94 bits per heavy atom. The molecule has 2 rings (SSSR count). The van der Waals surface area contributed by atoms with Gasteiger partial charge in [-0.2, -0.15) is 0 Å². The third kappa shape index (κ3) is 4.17. The first-order valence-electron chi connectivity index (χ1n) is 6.16. The van der Waals surface area contributed by atoms with Crippen LogP contribution in [0.2, 0.25) is 0 Å². The first kappa shape index (κ1) is 13.2. The molecule has 0 aromatic carbocycles. The highest BCUT2D eigenvalue weighted by atomic mass is 32.2. The summed E-state index contributed by atoms with van der Waals surface area (Å²) >= 11 is 1.49. The summed E-state index contributed by atoms with van der Waals surface area (Å²) in [5.74, 6) is 0.992. The van der Waals surface area contributed by atoms with Crippen molar-refractivity contribution in [2.75, 3.05) is 17.3 Å². The molecule has 6 heteroatoms. The Bertz CT molecular complexity index is 374. The average Bonchev–Trinajstić information content (AvgIpc) is 2.85. The van der Waals surface area contributed by atoms with Crippen molar-refractivity contribution in [2.45, 2.75) is 43.4 Å². The fraction of sp³-hybridized carbons (Fsp3) is 0.909. The number of thioether (sulfide) groups is 1. The van der Waals surface area contributed by atoms with Crippen molar-refractivity contribution in [3.63, 3.8) is 0 Å². The van der Waals surface area contributed by atoms with Gasteiger partial charge in [0.15, 0.2) is 9.84 Å². The first-order valence-corrected chi connectivity index (χ1v) is 9.03. The second kappa shape index (κ2) is 5.61. The molecule has 0 radical (unpaired) electrons. The van der Waals surface area contributed by atoms with Crippen LogP contribution < -0.4 is 5.32 Å². The molecule has 2 fully saturated rings. The highest BCUT2D eigenvalue weighted by molar-refractivity contribution is 8.02. The summed E-state index contributed by atoms with van der Waals surface area (Å²) in [6.07, 6.45) is 5.30. The monoisotopic (exact) mass is 277 g/mol. The maximum Gasteiger partial charge on any atom is 0.230 e. The lowest BCUT2D eigenvalue weighted by molar-refractivity contribution is -0.119. The molecule has 1 saturated heterocycles. The molecule has 17 heavy (non-hydrogen) atoms. The molecule has 0 spiro atoms. The zero-order chi connectivity index (χ0) is 12.3. The Labute approximate surface area is 107 Å². The predicted molar refractivity (Wildman–Crippen MR) is 69.9 cm³/mol. The van der Waals surface area contributed by atoms with Crippen molar-refractivity contribution < 1.29 is 13.2 Å². The highest BCUT2D eigenvalue weighted by Gasteiger charge is 2.28. The number of nitrogens with one attached hydrogen (secondary N) is 1. The van der Waals surface area contributed by atoms with Gasteiger partial charge in [-0.05, 0) is 19.3 Å². The first-order chi connectivity index (χ1) is 8.05. The van der Waals surface area contributed by atoms with Crippen LogP contribution in [0.1, 0.15) is 32.1 Å². The standard InChI is InChI=1S/C11H19NO3S2/c13-11(12-9-3-1-2-4-9)7-16-10-5-6-17(14,15)8-10/h9-10H,1-8H2,(H,12,13). The molecule has 1 aliphatic carbocycles. The SMILES string of the molecule is O=C(CSC1CCS(=O)(=O)C1)NC1CCCC1. The molecule has 1 heterocycles. The van der Waals surface area contributed by atoms with Gasteiger partial charge >= 0.3 is 0 Å². The minimum atomic E-state index is -2.82. The van der Waals surface area contributed by atoms with Gasteiger partial charge in [-0.1, -0.05) is 12.8 Å². The number of carbonyl (C=O) groups excluding carboxylic acids is 1. The smallest absolute Gasteiger partial charge is 0.230 e. The molecular formula is C11H19NO3S2. The molecule has 1 unspecified atom stereocenters. The van der Waals surface area contributed by atoms with E-state index in [1.165, 1.54) is 24.6 Å². The van der Waals surface area contributed by atoms with E-state index in [1.54, 1.807) is 0 Å². The summed E-state index contributed by atoms with van der Waals surface area (Å²) < 4.78 is 22.5. The van der Waals surface area contributed by atoms with Gasteiger partial charge in [0.2, 0.25) is 5.91 Å². The van der Waals surface area contributed by atoms with E-state index in [4.69, 9.17) is 0 Å². The summed E-state index contributed by atoms with van der Waals surface area (Å²) in [5.41, 5.74) is 0. The molecule has 1 N–H and O–H groups in total.